The van der Waals surface area contributed by atoms with E-state index in [9.17, 15) is 20.8 Å². The van der Waals surface area contributed by atoms with Crippen molar-refractivity contribution in [2.45, 2.75) is 38.2 Å². The third-order valence-electron chi connectivity index (χ3n) is 9.83. The Morgan fingerprint density at radius 3 is 1.48 bits per heavy atom. The van der Waals surface area contributed by atoms with Gasteiger partial charge in [0.2, 0.25) is 0 Å². The van der Waals surface area contributed by atoms with E-state index in [1.54, 1.807) is 48.5 Å². The molecule has 10 rings (SSSR count). The van der Waals surface area contributed by atoms with Crippen LogP contribution in [-0.4, -0.2) is 15.0 Å². The van der Waals surface area contributed by atoms with E-state index in [1.807, 2.05) is 0 Å². The molecule has 0 bridgehead atoms. The van der Waals surface area contributed by atoms with Crippen molar-refractivity contribution in [3.05, 3.63) is 233 Å². The Bertz CT molecular complexity index is 3890. The molecule has 4 heterocycles. The van der Waals surface area contributed by atoms with Gasteiger partial charge in [0.15, 0.2) is 0 Å². The van der Waals surface area contributed by atoms with Crippen LogP contribution in [0.2, 0.25) is 0 Å². The minimum atomic E-state index is -3.26. The van der Waals surface area contributed by atoms with E-state index in [0.717, 1.165) is 42.9 Å². The molecular formula is C57H40F2IrN3O. The summed E-state index contributed by atoms with van der Waals surface area (Å²) in [5, 5.41) is 0.351. The summed E-state index contributed by atoms with van der Waals surface area (Å²) in [6.07, 6.45) is -15.5. The van der Waals surface area contributed by atoms with E-state index in [0.29, 0.717) is 22.5 Å². The van der Waals surface area contributed by atoms with E-state index in [-0.39, 0.29) is 64.4 Å². The van der Waals surface area contributed by atoms with Gasteiger partial charge in [0.1, 0.15) is 17.2 Å². The molecule has 10 aromatic rings. The Morgan fingerprint density at radius 1 is 0.500 bits per heavy atom. The normalized spacial score (nSPS) is 16.4. The van der Waals surface area contributed by atoms with Crippen molar-refractivity contribution >= 4 is 21.9 Å². The Labute approximate surface area is 409 Å². The second kappa shape index (κ2) is 19.2. The molecule has 0 radical (unpaired) electrons. The van der Waals surface area contributed by atoms with E-state index >= 15 is 4.39 Å². The zero-order valence-electron chi connectivity index (χ0n) is 50.1. The zero-order chi connectivity index (χ0) is 57.6. The van der Waals surface area contributed by atoms with E-state index in [2.05, 4.69) is 33.2 Å². The van der Waals surface area contributed by atoms with Gasteiger partial charge in [0.25, 0.3) is 0 Å². The second-order valence-electron chi connectivity index (χ2n) is 14.0. The van der Waals surface area contributed by atoms with Gasteiger partial charge >= 0.3 is 20.1 Å². The molecule has 0 unspecified atom stereocenters. The number of rotatable bonds is 13. The van der Waals surface area contributed by atoms with Crippen LogP contribution in [0.1, 0.15) is 56.7 Å². The van der Waals surface area contributed by atoms with Crippen LogP contribution in [0.5, 0.6) is 0 Å². The van der Waals surface area contributed by atoms with Crippen LogP contribution in [0, 0.1) is 29.8 Å². The summed E-state index contributed by atoms with van der Waals surface area (Å²) in [5.74, 6) is -2.73. The number of benzene rings is 6. The van der Waals surface area contributed by atoms with Gasteiger partial charge in [-0.1, -0.05) is 77.6 Å². The molecule has 0 fully saturated rings. The minimum Gasteiger partial charge on any atom is -0.500 e. The van der Waals surface area contributed by atoms with Crippen molar-refractivity contribution < 1.29 is 56.6 Å². The van der Waals surface area contributed by atoms with Crippen molar-refractivity contribution in [1.29, 1.82) is 0 Å². The molecule has 0 saturated heterocycles. The number of aromatic nitrogens is 3. The molecule has 4 nitrogen and oxygen atoms in total. The van der Waals surface area contributed by atoms with Gasteiger partial charge in [0, 0.05) is 40.4 Å². The van der Waals surface area contributed by atoms with Crippen LogP contribution in [0.4, 0.5) is 8.78 Å². The van der Waals surface area contributed by atoms with Gasteiger partial charge in [-0.2, -0.15) is 0 Å². The molecule has 0 saturated carbocycles. The predicted molar refractivity (Wildman–Crippen MR) is 247 cm³/mol. The molecule has 0 aliphatic rings. The average molecular weight is 1030 g/mol. The molecule has 0 atom stereocenters. The summed E-state index contributed by atoms with van der Waals surface area (Å²) in [5.41, 5.74) is -2.49. The maximum atomic E-state index is 16.0. The predicted octanol–water partition coefficient (Wildman–Crippen LogP) is 13.5. The van der Waals surface area contributed by atoms with Crippen LogP contribution in [0.3, 0.4) is 0 Å². The Balaban J connectivity index is 0.00000792. The summed E-state index contributed by atoms with van der Waals surface area (Å²) < 4.78 is 191. The molecule has 0 N–H and O–H groups in total. The Kier molecular flexibility index (Phi) is 8.00. The van der Waals surface area contributed by atoms with Gasteiger partial charge in [-0.05, 0) is 118 Å². The first-order chi connectivity index (χ1) is 37.6. The van der Waals surface area contributed by atoms with Gasteiger partial charge in [-0.15, -0.1) is 90.0 Å². The number of hydrogen-bond donors (Lipinski definition) is 0. The topological polar surface area (TPSA) is 51.8 Å². The van der Waals surface area contributed by atoms with Gasteiger partial charge in [-0.3, -0.25) is 0 Å². The Hall–Kier alpha value is -6.92. The number of fused-ring (bicyclic) bond motifs is 3. The molecule has 0 aliphatic heterocycles. The summed E-state index contributed by atoms with van der Waals surface area (Å²) >= 11 is 0. The minimum absolute atomic E-state index is 0. The van der Waals surface area contributed by atoms with E-state index in [4.69, 9.17) is 11.3 Å². The first kappa shape index (κ1) is 26.6. The smallest absolute Gasteiger partial charge is 0.500 e. The van der Waals surface area contributed by atoms with Crippen LogP contribution in [0.15, 0.2) is 175 Å². The van der Waals surface area contributed by atoms with Crippen molar-refractivity contribution in [2.75, 3.05) is 0 Å². The molecule has 0 aliphatic carbocycles. The van der Waals surface area contributed by atoms with Gasteiger partial charge in [-0.25, -0.2) is 8.78 Å². The number of pyridine rings is 3. The van der Waals surface area contributed by atoms with Gasteiger partial charge < -0.3 is 19.4 Å². The molecule has 312 valence electrons. The third-order valence-corrected chi connectivity index (χ3v) is 9.83. The van der Waals surface area contributed by atoms with E-state index < -0.39 is 113 Å². The largest absolute Gasteiger partial charge is 3.00 e. The van der Waals surface area contributed by atoms with Crippen LogP contribution >= 0.6 is 0 Å². The molecule has 0 spiro atoms. The fourth-order valence-corrected chi connectivity index (χ4v) is 6.81. The molecule has 64 heavy (non-hydrogen) atoms. The number of nitrogens with zero attached hydrogens (tertiary/aromatic N) is 3. The van der Waals surface area contributed by atoms with Crippen molar-refractivity contribution in [1.82, 2.24) is 15.0 Å². The zero-order valence-corrected chi connectivity index (χ0v) is 35.5. The first-order valence-electron chi connectivity index (χ1n) is 28.0. The maximum absolute atomic E-state index is 16.0. The summed E-state index contributed by atoms with van der Waals surface area (Å²) in [6.45, 7) is 0. The first-order valence-corrected chi connectivity index (χ1v) is 19.5. The molecule has 7 heteroatoms. The number of furan rings is 1. The third kappa shape index (κ3) is 9.38. The fourth-order valence-electron chi connectivity index (χ4n) is 6.81. The van der Waals surface area contributed by atoms with Crippen LogP contribution < -0.4 is 0 Å². The molecule has 0 amide bonds. The van der Waals surface area contributed by atoms with Crippen LogP contribution in [0.25, 0.3) is 66.8 Å². The van der Waals surface area contributed by atoms with Crippen LogP contribution in [-0.2, 0) is 58.3 Å². The summed E-state index contributed by atoms with van der Waals surface area (Å²) in [4.78, 5) is 13.1. The number of aryl methyl sites for hydroxylation is 6. The van der Waals surface area contributed by atoms with Gasteiger partial charge in [0.05, 0.1) is 18.0 Å². The van der Waals surface area contributed by atoms with E-state index in [1.165, 1.54) is 48.5 Å². The number of hydrogen-bond acceptors (Lipinski definition) is 4. The summed E-state index contributed by atoms with van der Waals surface area (Å²) in [7, 11) is 0. The SMILES string of the molecule is [2H]c1cc2c(oc3c(-c4ccc(C([2H])([2H])C([2H])([2H])c5cc(C([2H])([2H])C([2H])([2H])c6ccc(-c7[c-]cccc7)nc6)cc(C([2H])([2H])C([2H])([2H])c6ccc(-c7[c-]cccc7)nc6)c5)cn4)[c-]ccc32)c(-c2c([2H])c([2H])c(F)c([2H])c2[2H])c1F.[Ir+3]. The molecule has 4 aromatic heterocycles. The average Bonchev–Trinajstić information content (AvgIpc) is 3.83. The molecule has 6 aromatic carbocycles. The monoisotopic (exact) mass is 1030 g/mol. The molecular weight excluding hydrogens is 973 g/mol. The maximum Gasteiger partial charge on any atom is 3.00 e. The number of halogens is 2. The van der Waals surface area contributed by atoms with Crippen molar-refractivity contribution in [3.63, 3.8) is 0 Å². The second-order valence-corrected chi connectivity index (χ2v) is 14.0. The van der Waals surface area contributed by atoms with Crippen molar-refractivity contribution in [2.24, 2.45) is 0 Å². The fraction of sp³-hybridized carbons (Fsp3) is 0.105. The summed E-state index contributed by atoms with van der Waals surface area (Å²) in [6, 6.07) is 32.8. The Morgan fingerprint density at radius 2 is 1.00 bits per heavy atom. The van der Waals surface area contributed by atoms with Crippen molar-refractivity contribution in [3.8, 4) is 44.9 Å². The standard InChI is InChI=1S/C57H40F2N3O.Ir/c58-47-25-23-46(24-26-47)55-51(59)28-27-49-48-12-7-13-50(56(48)63-57(49)55)54-31-22-40(37-62-54)16-19-43-33-41(17-14-38-20-29-52(60-35-38)44-8-3-1-4-9-44)32-42(34-43)18-15-39-21-30-53(61-36-39)45-10-5-2-6-11-45;/h1-8,10,12,20-37H,14-19H2;/q-3;+3/i14D2,15D2,16D2,17D2,18D2,19D2,23D,24D,25D,26D,28D;. The quantitative estimate of drug-likeness (QED) is 0.108.